The largest absolute Gasteiger partial charge is 0.353 e. The maximum absolute atomic E-state index is 13.0. The molecule has 0 aliphatic carbocycles. The molecule has 0 spiro atoms. The molecule has 1 aliphatic rings. The fourth-order valence-corrected chi connectivity index (χ4v) is 4.00. The first-order valence-corrected chi connectivity index (χ1v) is 11.5. The van der Waals surface area contributed by atoms with E-state index in [1.807, 2.05) is 42.2 Å². The van der Waals surface area contributed by atoms with Gasteiger partial charge in [0.15, 0.2) is 0 Å². The normalized spacial score (nSPS) is 14.3. The van der Waals surface area contributed by atoms with E-state index >= 15 is 0 Å². The van der Waals surface area contributed by atoms with Gasteiger partial charge in [0, 0.05) is 43.5 Å². The van der Waals surface area contributed by atoms with Gasteiger partial charge >= 0.3 is 0 Å². The van der Waals surface area contributed by atoms with Gasteiger partial charge < -0.3 is 15.1 Å². The molecular formula is C27H33N5O. The van der Waals surface area contributed by atoms with Crippen LogP contribution in [0.3, 0.4) is 0 Å². The summed E-state index contributed by atoms with van der Waals surface area (Å²) in [6.07, 6.45) is 0. The van der Waals surface area contributed by atoms with Crippen molar-refractivity contribution < 1.29 is 4.79 Å². The Bertz CT molecular complexity index is 1110. The van der Waals surface area contributed by atoms with Crippen molar-refractivity contribution in [3.8, 4) is 0 Å². The van der Waals surface area contributed by atoms with E-state index in [9.17, 15) is 4.79 Å². The van der Waals surface area contributed by atoms with Crippen molar-refractivity contribution in [3.05, 3.63) is 77.1 Å². The van der Waals surface area contributed by atoms with E-state index in [1.54, 1.807) is 0 Å². The third kappa shape index (κ3) is 5.51. The zero-order valence-electron chi connectivity index (χ0n) is 20.2. The molecule has 1 N–H and O–H groups in total. The molecule has 1 fully saturated rings. The van der Waals surface area contributed by atoms with E-state index < -0.39 is 0 Å². The summed E-state index contributed by atoms with van der Waals surface area (Å²) in [5.41, 5.74) is 4.28. The number of piperazine rings is 1. The molecule has 1 saturated heterocycles. The van der Waals surface area contributed by atoms with Crippen LogP contribution < -0.4 is 10.2 Å². The van der Waals surface area contributed by atoms with Crippen LogP contribution in [0, 0.1) is 13.8 Å². The number of amides is 1. The van der Waals surface area contributed by atoms with Crippen LogP contribution in [0.4, 0.5) is 17.3 Å². The summed E-state index contributed by atoms with van der Waals surface area (Å²) in [6.45, 7) is 13.3. The molecular weight excluding hydrogens is 410 g/mol. The van der Waals surface area contributed by atoms with Crippen LogP contribution in [0.5, 0.6) is 0 Å². The predicted molar refractivity (Wildman–Crippen MR) is 134 cm³/mol. The Balaban J connectivity index is 1.40. The monoisotopic (exact) mass is 443 g/mol. The molecule has 0 bridgehead atoms. The van der Waals surface area contributed by atoms with Crippen LogP contribution in [0.25, 0.3) is 0 Å². The number of hydrogen-bond acceptors (Lipinski definition) is 5. The topological polar surface area (TPSA) is 61.4 Å². The molecule has 3 aromatic rings. The summed E-state index contributed by atoms with van der Waals surface area (Å²) in [4.78, 5) is 26.4. The summed E-state index contributed by atoms with van der Waals surface area (Å²) in [5, 5.41) is 3.37. The fourth-order valence-electron chi connectivity index (χ4n) is 4.00. The van der Waals surface area contributed by atoms with Crippen LogP contribution in [0.1, 0.15) is 48.1 Å². The summed E-state index contributed by atoms with van der Waals surface area (Å²) in [6, 6.07) is 18.3. The lowest BCUT2D eigenvalue weighted by Gasteiger charge is -2.35. The summed E-state index contributed by atoms with van der Waals surface area (Å²) in [5.74, 6) is 2.48. The van der Waals surface area contributed by atoms with Crippen molar-refractivity contribution in [3.63, 3.8) is 0 Å². The lowest BCUT2D eigenvalue weighted by molar-refractivity contribution is 0.0746. The predicted octanol–water partition coefficient (Wildman–Crippen LogP) is 5.10. The summed E-state index contributed by atoms with van der Waals surface area (Å²) in [7, 11) is 0. The minimum atomic E-state index is 0.0794. The molecule has 0 unspecified atom stereocenters. The smallest absolute Gasteiger partial charge is 0.253 e. The second kappa shape index (κ2) is 9.22. The lowest BCUT2D eigenvalue weighted by Crippen LogP contribution is -2.49. The fraction of sp³-hybridized carbons (Fsp3) is 0.370. The Morgan fingerprint density at radius 1 is 0.879 bits per heavy atom. The van der Waals surface area contributed by atoms with Gasteiger partial charge in [-0.1, -0.05) is 50.6 Å². The van der Waals surface area contributed by atoms with Gasteiger partial charge in [-0.2, -0.15) is 0 Å². The molecule has 1 aliphatic heterocycles. The molecule has 2 aromatic carbocycles. The number of nitrogens with one attached hydrogen (secondary N) is 1. The van der Waals surface area contributed by atoms with Crippen molar-refractivity contribution in [2.24, 2.45) is 0 Å². The molecule has 6 nitrogen and oxygen atoms in total. The molecule has 0 saturated carbocycles. The number of nitrogens with zero attached hydrogens (tertiary/aromatic N) is 4. The zero-order chi connectivity index (χ0) is 23.6. The van der Waals surface area contributed by atoms with Crippen molar-refractivity contribution in [1.82, 2.24) is 14.9 Å². The second-order valence-corrected chi connectivity index (χ2v) is 9.76. The molecule has 0 radical (unpaired) electrons. The number of carbonyl (C=O) groups excluding carboxylic acids is 1. The standard InChI is InChI=1S/C27H33N5O/c1-19-6-12-23(13-7-19)30-24-18-25(29-20(2)28-24)31-14-16-32(17-15-31)26(33)21-8-10-22(11-9-21)27(3,4)5/h6-13,18H,14-17H2,1-5H3,(H,28,29,30). The Kier molecular flexibility index (Phi) is 6.36. The van der Waals surface area contributed by atoms with Gasteiger partial charge in [0.2, 0.25) is 0 Å². The van der Waals surface area contributed by atoms with Crippen molar-refractivity contribution in [2.75, 3.05) is 36.4 Å². The lowest BCUT2D eigenvalue weighted by atomic mass is 9.86. The van der Waals surface area contributed by atoms with Crippen LogP contribution >= 0.6 is 0 Å². The van der Waals surface area contributed by atoms with Crippen LogP contribution in [0.2, 0.25) is 0 Å². The third-order valence-electron chi connectivity index (χ3n) is 6.04. The number of anilines is 3. The summed E-state index contributed by atoms with van der Waals surface area (Å²) >= 11 is 0. The second-order valence-electron chi connectivity index (χ2n) is 9.76. The molecule has 2 heterocycles. The number of rotatable bonds is 4. The maximum Gasteiger partial charge on any atom is 0.253 e. The molecule has 1 aromatic heterocycles. The van der Waals surface area contributed by atoms with Crippen molar-refractivity contribution >= 4 is 23.2 Å². The van der Waals surface area contributed by atoms with E-state index in [4.69, 9.17) is 0 Å². The molecule has 172 valence electrons. The molecule has 6 heteroatoms. The number of aromatic nitrogens is 2. The van der Waals surface area contributed by atoms with E-state index in [-0.39, 0.29) is 11.3 Å². The van der Waals surface area contributed by atoms with Gasteiger partial charge in [-0.05, 0) is 49.1 Å². The number of carbonyl (C=O) groups is 1. The Morgan fingerprint density at radius 3 is 2.12 bits per heavy atom. The number of aryl methyl sites for hydroxylation is 2. The van der Waals surface area contributed by atoms with Gasteiger partial charge in [-0.25, -0.2) is 9.97 Å². The van der Waals surface area contributed by atoms with E-state index in [1.165, 1.54) is 11.1 Å². The van der Waals surface area contributed by atoms with Crippen LogP contribution in [-0.4, -0.2) is 47.0 Å². The minimum absolute atomic E-state index is 0.0794. The SMILES string of the molecule is Cc1ccc(Nc2cc(N3CCN(C(=O)c4ccc(C(C)(C)C)cc4)CC3)nc(C)n2)cc1. The van der Waals surface area contributed by atoms with Crippen molar-refractivity contribution in [1.29, 1.82) is 0 Å². The van der Waals surface area contributed by atoms with Gasteiger partial charge in [-0.3, -0.25) is 4.79 Å². The summed E-state index contributed by atoms with van der Waals surface area (Å²) < 4.78 is 0. The Morgan fingerprint density at radius 2 is 1.52 bits per heavy atom. The van der Waals surface area contributed by atoms with Gasteiger partial charge in [-0.15, -0.1) is 0 Å². The van der Waals surface area contributed by atoms with Crippen LogP contribution in [-0.2, 0) is 5.41 Å². The molecule has 4 rings (SSSR count). The Hall–Kier alpha value is -3.41. The Labute approximate surface area is 196 Å². The highest BCUT2D eigenvalue weighted by molar-refractivity contribution is 5.94. The molecule has 33 heavy (non-hydrogen) atoms. The highest BCUT2D eigenvalue weighted by Crippen LogP contribution is 2.24. The average Bonchev–Trinajstić information content (AvgIpc) is 2.79. The zero-order valence-corrected chi connectivity index (χ0v) is 20.2. The van der Waals surface area contributed by atoms with Gasteiger partial charge in [0.25, 0.3) is 5.91 Å². The quantitative estimate of drug-likeness (QED) is 0.608. The third-order valence-corrected chi connectivity index (χ3v) is 6.04. The van der Waals surface area contributed by atoms with E-state index in [0.717, 1.165) is 41.8 Å². The highest BCUT2D eigenvalue weighted by atomic mass is 16.2. The first-order chi connectivity index (χ1) is 15.7. The highest BCUT2D eigenvalue weighted by Gasteiger charge is 2.24. The molecule has 0 atom stereocenters. The van der Waals surface area contributed by atoms with Crippen molar-refractivity contribution in [2.45, 2.75) is 40.0 Å². The first kappa shape index (κ1) is 22.8. The maximum atomic E-state index is 13.0. The first-order valence-electron chi connectivity index (χ1n) is 11.5. The number of benzene rings is 2. The van der Waals surface area contributed by atoms with E-state index in [0.29, 0.717) is 13.1 Å². The molecule has 1 amide bonds. The van der Waals surface area contributed by atoms with Gasteiger partial charge in [0.05, 0.1) is 0 Å². The van der Waals surface area contributed by atoms with E-state index in [2.05, 4.69) is 72.1 Å². The van der Waals surface area contributed by atoms with Crippen LogP contribution in [0.15, 0.2) is 54.6 Å². The van der Waals surface area contributed by atoms with Gasteiger partial charge in [0.1, 0.15) is 17.5 Å². The average molecular weight is 444 g/mol. The minimum Gasteiger partial charge on any atom is -0.353 e. The number of hydrogen-bond donors (Lipinski definition) is 1.